The van der Waals surface area contributed by atoms with E-state index in [2.05, 4.69) is 25.7 Å². The van der Waals surface area contributed by atoms with Crippen LogP contribution in [0.15, 0.2) is 0 Å². The number of carboxylic acid groups (broad SMARTS) is 1. The molecule has 0 aromatic heterocycles. The number of carboxylic acids is 1. The summed E-state index contributed by atoms with van der Waals surface area (Å²) in [4.78, 5) is 13.9. The van der Waals surface area contributed by atoms with Crippen LogP contribution in [-0.4, -0.2) is 34.1 Å². The minimum atomic E-state index is -0.665. The highest BCUT2D eigenvalue weighted by Gasteiger charge is 2.43. The summed E-state index contributed by atoms with van der Waals surface area (Å²) in [5, 5.41) is 9.58. The maximum Gasteiger partial charge on any atom is 0.323 e. The van der Waals surface area contributed by atoms with Gasteiger partial charge < -0.3 is 5.11 Å². The number of hydrogen-bond acceptors (Lipinski definition) is 2. The molecule has 0 radical (unpaired) electrons. The van der Waals surface area contributed by atoms with Crippen molar-refractivity contribution in [3.05, 3.63) is 0 Å². The topological polar surface area (TPSA) is 40.5 Å². The second kappa shape index (κ2) is 5.85. The molecular weight excluding hydrogens is 214 g/mol. The lowest BCUT2D eigenvalue weighted by molar-refractivity contribution is -0.152. The van der Waals surface area contributed by atoms with Gasteiger partial charge in [-0.2, -0.15) is 0 Å². The van der Waals surface area contributed by atoms with E-state index < -0.39 is 11.5 Å². The van der Waals surface area contributed by atoms with Gasteiger partial charge in [-0.1, -0.05) is 20.8 Å². The number of carbonyl (C=O) groups is 1. The Kier molecular flexibility index (Phi) is 4.99. The Hall–Kier alpha value is -0.570. The smallest absolute Gasteiger partial charge is 0.323 e. The standard InChI is InChI=1S/C14H27NO2/c1-5-12-7-6-10-15(12)14(4,13(16)17)9-8-11(2)3/h11-12H,5-10H2,1-4H3,(H,16,17). The number of likely N-dealkylation sites (tertiary alicyclic amines) is 1. The third-order valence-corrected chi connectivity index (χ3v) is 4.15. The summed E-state index contributed by atoms with van der Waals surface area (Å²) < 4.78 is 0. The van der Waals surface area contributed by atoms with Crippen molar-refractivity contribution in [3.8, 4) is 0 Å². The molecule has 1 N–H and O–H groups in total. The largest absolute Gasteiger partial charge is 0.480 e. The quantitative estimate of drug-likeness (QED) is 0.776. The van der Waals surface area contributed by atoms with Gasteiger partial charge >= 0.3 is 5.97 Å². The maximum absolute atomic E-state index is 11.6. The van der Waals surface area contributed by atoms with Crippen LogP contribution in [0.4, 0.5) is 0 Å². The molecular formula is C14H27NO2. The van der Waals surface area contributed by atoms with Gasteiger partial charge in [-0.25, -0.2) is 0 Å². The van der Waals surface area contributed by atoms with E-state index in [4.69, 9.17) is 0 Å². The molecule has 0 aromatic carbocycles. The fraction of sp³-hybridized carbons (Fsp3) is 0.929. The van der Waals surface area contributed by atoms with Crippen molar-refractivity contribution in [3.63, 3.8) is 0 Å². The van der Waals surface area contributed by atoms with Crippen molar-refractivity contribution in [2.75, 3.05) is 6.54 Å². The summed E-state index contributed by atoms with van der Waals surface area (Å²) in [6.45, 7) is 9.33. The summed E-state index contributed by atoms with van der Waals surface area (Å²) in [6, 6.07) is 0.461. The minimum absolute atomic E-state index is 0.461. The van der Waals surface area contributed by atoms with Crippen LogP contribution >= 0.6 is 0 Å². The Bertz CT molecular complexity index is 265. The zero-order valence-electron chi connectivity index (χ0n) is 11.7. The van der Waals surface area contributed by atoms with Crippen LogP contribution in [0.3, 0.4) is 0 Å². The first-order chi connectivity index (χ1) is 7.91. The average Bonchev–Trinajstić information content (AvgIpc) is 2.73. The number of hydrogen-bond donors (Lipinski definition) is 1. The van der Waals surface area contributed by atoms with Crippen molar-refractivity contribution in [1.82, 2.24) is 4.90 Å². The van der Waals surface area contributed by atoms with Gasteiger partial charge in [0.2, 0.25) is 0 Å². The molecule has 1 fully saturated rings. The highest BCUT2D eigenvalue weighted by atomic mass is 16.4. The first-order valence-electron chi connectivity index (χ1n) is 6.92. The summed E-state index contributed by atoms with van der Waals surface area (Å²) in [7, 11) is 0. The summed E-state index contributed by atoms with van der Waals surface area (Å²) in [6.07, 6.45) is 5.10. The molecule has 0 aromatic rings. The summed E-state index contributed by atoms with van der Waals surface area (Å²) in [5.41, 5.74) is -0.665. The van der Waals surface area contributed by atoms with Gasteiger partial charge in [0.25, 0.3) is 0 Å². The fourth-order valence-corrected chi connectivity index (χ4v) is 2.85. The molecule has 0 bridgehead atoms. The molecule has 0 saturated carbocycles. The van der Waals surface area contributed by atoms with E-state index >= 15 is 0 Å². The predicted octanol–water partition coefficient (Wildman–Crippen LogP) is 3.14. The molecule has 1 aliphatic rings. The third kappa shape index (κ3) is 3.21. The van der Waals surface area contributed by atoms with E-state index in [0.717, 1.165) is 38.6 Å². The molecule has 0 amide bonds. The molecule has 1 saturated heterocycles. The van der Waals surface area contributed by atoms with Gasteiger partial charge in [0.15, 0.2) is 0 Å². The molecule has 100 valence electrons. The second-order valence-corrected chi connectivity index (χ2v) is 5.91. The van der Waals surface area contributed by atoms with Crippen LogP contribution in [0.2, 0.25) is 0 Å². The Labute approximate surface area is 105 Å². The molecule has 0 aliphatic carbocycles. The lowest BCUT2D eigenvalue weighted by Crippen LogP contribution is -2.54. The molecule has 2 atom stereocenters. The molecule has 3 heteroatoms. The van der Waals surface area contributed by atoms with Crippen molar-refractivity contribution < 1.29 is 9.90 Å². The first-order valence-corrected chi connectivity index (χ1v) is 6.92. The third-order valence-electron chi connectivity index (χ3n) is 4.15. The maximum atomic E-state index is 11.6. The average molecular weight is 241 g/mol. The number of nitrogens with zero attached hydrogens (tertiary/aromatic N) is 1. The number of rotatable bonds is 6. The lowest BCUT2D eigenvalue weighted by atomic mass is 9.89. The Morgan fingerprint density at radius 3 is 2.65 bits per heavy atom. The van der Waals surface area contributed by atoms with Gasteiger partial charge in [0.1, 0.15) is 5.54 Å². The first kappa shape index (κ1) is 14.5. The monoisotopic (exact) mass is 241 g/mol. The molecule has 1 rings (SSSR count). The molecule has 3 nitrogen and oxygen atoms in total. The van der Waals surface area contributed by atoms with Crippen LogP contribution in [0, 0.1) is 5.92 Å². The highest BCUT2D eigenvalue weighted by Crippen LogP contribution is 2.32. The summed E-state index contributed by atoms with van der Waals surface area (Å²) >= 11 is 0. The van der Waals surface area contributed by atoms with E-state index in [-0.39, 0.29) is 0 Å². The normalized spacial score (nSPS) is 25.1. The highest BCUT2D eigenvalue weighted by molar-refractivity contribution is 5.78. The van der Waals surface area contributed by atoms with Crippen molar-refractivity contribution in [1.29, 1.82) is 0 Å². The van der Waals surface area contributed by atoms with Crippen LogP contribution in [0.25, 0.3) is 0 Å². The minimum Gasteiger partial charge on any atom is -0.480 e. The second-order valence-electron chi connectivity index (χ2n) is 5.91. The van der Waals surface area contributed by atoms with E-state index in [0.29, 0.717) is 12.0 Å². The zero-order valence-corrected chi connectivity index (χ0v) is 11.7. The molecule has 1 heterocycles. The molecule has 0 spiro atoms. The van der Waals surface area contributed by atoms with Crippen molar-refractivity contribution >= 4 is 5.97 Å². The van der Waals surface area contributed by atoms with E-state index in [1.54, 1.807) is 0 Å². The van der Waals surface area contributed by atoms with Crippen molar-refractivity contribution in [2.45, 2.75) is 71.4 Å². The Balaban J connectivity index is 2.79. The predicted molar refractivity (Wildman–Crippen MR) is 70.1 cm³/mol. The van der Waals surface area contributed by atoms with Crippen LogP contribution < -0.4 is 0 Å². The molecule has 17 heavy (non-hydrogen) atoms. The molecule has 1 aliphatic heterocycles. The van der Waals surface area contributed by atoms with Crippen LogP contribution in [0.1, 0.15) is 59.8 Å². The van der Waals surface area contributed by atoms with Gasteiger partial charge in [-0.05, 0) is 51.5 Å². The van der Waals surface area contributed by atoms with E-state index in [1.165, 1.54) is 0 Å². The Morgan fingerprint density at radius 1 is 1.53 bits per heavy atom. The summed E-state index contributed by atoms with van der Waals surface area (Å²) in [5.74, 6) is -0.0881. The van der Waals surface area contributed by atoms with Gasteiger partial charge in [-0.15, -0.1) is 0 Å². The van der Waals surface area contributed by atoms with Gasteiger partial charge in [-0.3, -0.25) is 9.69 Å². The van der Waals surface area contributed by atoms with Crippen LogP contribution in [-0.2, 0) is 4.79 Å². The van der Waals surface area contributed by atoms with Crippen LogP contribution in [0.5, 0.6) is 0 Å². The van der Waals surface area contributed by atoms with E-state index in [1.807, 2.05) is 6.92 Å². The Morgan fingerprint density at radius 2 is 2.18 bits per heavy atom. The van der Waals surface area contributed by atoms with E-state index in [9.17, 15) is 9.90 Å². The fourth-order valence-electron chi connectivity index (χ4n) is 2.85. The van der Waals surface area contributed by atoms with Gasteiger partial charge in [0, 0.05) is 6.04 Å². The number of aliphatic carboxylic acids is 1. The SMILES string of the molecule is CCC1CCCN1C(C)(CCC(C)C)C(=O)O. The van der Waals surface area contributed by atoms with Crippen molar-refractivity contribution in [2.24, 2.45) is 5.92 Å². The van der Waals surface area contributed by atoms with Gasteiger partial charge in [0.05, 0.1) is 0 Å². The lowest BCUT2D eigenvalue weighted by Gasteiger charge is -2.39. The molecule has 2 unspecified atom stereocenters. The zero-order chi connectivity index (χ0) is 13.1.